The molecule has 0 aromatic heterocycles. The molecule has 1 amide bonds. The highest BCUT2D eigenvalue weighted by Crippen LogP contribution is 2.26. The van der Waals surface area contributed by atoms with Crippen molar-refractivity contribution in [3.63, 3.8) is 0 Å². The number of carbonyl (C=O) groups is 1. The van der Waals surface area contributed by atoms with E-state index < -0.39 is 22.0 Å². The van der Waals surface area contributed by atoms with E-state index in [1.54, 1.807) is 48.5 Å². The molecule has 134 valence electrons. The zero-order chi connectivity index (χ0) is 18.6. The van der Waals surface area contributed by atoms with Gasteiger partial charge in [0, 0.05) is 6.07 Å². The van der Waals surface area contributed by atoms with Gasteiger partial charge in [-0.1, -0.05) is 29.8 Å². The van der Waals surface area contributed by atoms with Crippen molar-refractivity contribution in [2.75, 3.05) is 23.0 Å². The summed E-state index contributed by atoms with van der Waals surface area (Å²) in [5.74, 6) is -0.00814. The molecule has 0 heterocycles. The first-order chi connectivity index (χ1) is 11.7. The minimum atomic E-state index is -3.71. The van der Waals surface area contributed by atoms with Crippen LogP contribution in [-0.2, 0) is 14.8 Å². The molecule has 0 saturated heterocycles. The Labute approximate surface area is 152 Å². The van der Waals surface area contributed by atoms with Gasteiger partial charge in [0.25, 0.3) is 0 Å². The first-order valence-corrected chi connectivity index (χ1v) is 9.65. The summed E-state index contributed by atoms with van der Waals surface area (Å²) in [6.45, 7) is 1.51. The van der Waals surface area contributed by atoms with Crippen molar-refractivity contribution in [2.45, 2.75) is 13.0 Å². The number of hydrogen-bond acceptors (Lipinski definition) is 4. The fourth-order valence-electron chi connectivity index (χ4n) is 2.36. The van der Waals surface area contributed by atoms with Crippen LogP contribution in [0.2, 0.25) is 5.02 Å². The second kappa shape index (κ2) is 7.76. The van der Waals surface area contributed by atoms with E-state index in [4.69, 9.17) is 16.3 Å². The Morgan fingerprint density at radius 2 is 1.88 bits per heavy atom. The van der Waals surface area contributed by atoms with Crippen LogP contribution < -0.4 is 14.4 Å². The number of anilines is 2. The van der Waals surface area contributed by atoms with Crippen molar-refractivity contribution < 1.29 is 17.9 Å². The summed E-state index contributed by atoms with van der Waals surface area (Å²) in [6.07, 6.45) is 1.05. The number of nitrogens with one attached hydrogen (secondary N) is 1. The normalized spacial score (nSPS) is 12.3. The maximum atomic E-state index is 12.6. The Morgan fingerprint density at radius 3 is 2.48 bits per heavy atom. The van der Waals surface area contributed by atoms with Crippen LogP contribution in [0.25, 0.3) is 0 Å². The lowest BCUT2D eigenvalue weighted by Gasteiger charge is -2.28. The zero-order valence-electron chi connectivity index (χ0n) is 14.1. The third kappa shape index (κ3) is 4.64. The van der Waals surface area contributed by atoms with Crippen molar-refractivity contribution in [1.29, 1.82) is 0 Å². The number of benzene rings is 2. The molecule has 6 nitrogen and oxygen atoms in total. The molecule has 2 rings (SSSR count). The molecule has 0 bridgehead atoms. The number of methoxy groups -OCH3 is 1. The number of halogens is 1. The van der Waals surface area contributed by atoms with E-state index in [0.717, 1.165) is 10.6 Å². The van der Waals surface area contributed by atoms with Crippen LogP contribution in [0.5, 0.6) is 5.75 Å². The SMILES string of the molecule is COc1cccc(N(C(C)C(=O)Nc2ccccc2Cl)S(C)(=O)=O)c1. The fourth-order valence-corrected chi connectivity index (χ4v) is 3.71. The van der Waals surface area contributed by atoms with Gasteiger partial charge in [-0.05, 0) is 31.2 Å². The predicted molar refractivity (Wildman–Crippen MR) is 99.9 cm³/mol. The zero-order valence-corrected chi connectivity index (χ0v) is 15.6. The highest BCUT2D eigenvalue weighted by Gasteiger charge is 2.29. The average molecular weight is 383 g/mol. The predicted octanol–water partition coefficient (Wildman–Crippen LogP) is 3.14. The molecule has 0 aliphatic carbocycles. The molecular formula is C17H19ClN2O4S. The topological polar surface area (TPSA) is 75.7 Å². The van der Waals surface area contributed by atoms with Gasteiger partial charge in [-0.2, -0.15) is 0 Å². The maximum absolute atomic E-state index is 12.6. The van der Waals surface area contributed by atoms with E-state index in [1.165, 1.54) is 14.0 Å². The largest absolute Gasteiger partial charge is 0.497 e. The molecule has 8 heteroatoms. The molecular weight excluding hydrogens is 364 g/mol. The second-order valence-electron chi connectivity index (χ2n) is 5.41. The molecule has 0 fully saturated rings. The fraction of sp³-hybridized carbons (Fsp3) is 0.235. The Kier molecular flexibility index (Phi) is 5.92. The van der Waals surface area contributed by atoms with Crippen LogP contribution in [-0.4, -0.2) is 33.7 Å². The standard InChI is InChI=1S/C17H19ClN2O4S/c1-12(17(21)19-16-10-5-4-9-15(16)18)20(25(3,22)23)13-7-6-8-14(11-13)24-2/h4-12H,1-3H3,(H,19,21). The van der Waals surface area contributed by atoms with Gasteiger partial charge in [0.05, 0.1) is 29.8 Å². The first-order valence-electron chi connectivity index (χ1n) is 7.43. The Bertz CT molecular complexity index is 870. The molecule has 0 spiro atoms. The monoisotopic (exact) mass is 382 g/mol. The van der Waals surface area contributed by atoms with Crippen LogP contribution in [0.15, 0.2) is 48.5 Å². The summed E-state index contributed by atoms with van der Waals surface area (Å²) in [5.41, 5.74) is 0.753. The number of ether oxygens (including phenoxy) is 1. The van der Waals surface area contributed by atoms with Crippen LogP contribution in [0.1, 0.15) is 6.92 Å². The summed E-state index contributed by atoms with van der Waals surface area (Å²) in [7, 11) is -2.22. The number of para-hydroxylation sites is 1. The number of amides is 1. The molecule has 0 aliphatic heterocycles. The third-order valence-corrected chi connectivity index (χ3v) is 5.10. The third-order valence-electron chi connectivity index (χ3n) is 3.53. The molecule has 1 N–H and O–H groups in total. The lowest BCUT2D eigenvalue weighted by Crippen LogP contribution is -2.45. The van der Waals surface area contributed by atoms with Crippen LogP contribution in [0.3, 0.4) is 0 Å². The van der Waals surface area contributed by atoms with E-state index in [2.05, 4.69) is 5.32 Å². The summed E-state index contributed by atoms with van der Waals surface area (Å²) in [4.78, 5) is 12.6. The number of carbonyl (C=O) groups excluding carboxylic acids is 1. The van der Waals surface area contributed by atoms with Gasteiger partial charge in [-0.25, -0.2) is 8.42 Å². The minimum Gasteiger partial charge on any atom is -0.497 e. The van der Waals surface area contributed by atoms with Crippen LogP contribution in [0.4, 0.5) is 11.4 Å². The molecule has 2 aromatic carbocycles. The van der Waals surface area contributed by atoms with E-state index in [9.17, 15) is 13.2 Å². The molecule has 2 aromatic rings. The van der Waals surface area contributed by atoms with Gasteiger partial charge in [0.2, 0.25) is 15.9 Å². The quantitative estimate of drug-likeness (QED) is 0.832. The number of hydrogen-bond donors (Lipinski definition) is 1. The average Bonchev–Trinajstić information content (AvgIpc) is 2.56. The lowest BCUT2D eigenvalue weighted by atomic mass is 10.2. The van der Waals surface area contributed by atoms with Crippen molar-refractivity contribution >= 4 is 38.9 Å². The Morgan fingerprint density at radius 1 is 1.20 bits per heavy atom. The summed E-state index contributed by atoms with van der Waals surface area (Å²) >= 11 is 6.04. The van der Waals surface area contributed by atoms with Crippen molar-refractivity contribution in [3.8, 4) is 5.75 Å². The Hall–Kier alpha value is -2.25. The van der Waals surface area contributed by atoms with E-state index in [1.807, 2.05) is 0 Å². The smallest absolute Gasteiger partial charge is 0.248 e. The minimum absolute atomic E-state index is 0.337. The van der Waals surface area contributed by atoms with Gasteiger partial charge in [-0.15, -0.1) is 0 Å². The molecule has 0 radical (unpaired) electrons. The van der Waals surface area contributed by atoms with Crippen LogP contribution in [0, 0.1) is 0 Å². The van der Waals surface area contributed by atoms with E-state index >= 15 is 0 Å². The molecule has 0 saturated carbocycles. The molecule has 25 heavy (non-hydrogen) atoms. The van der Waals surface area contributed by atoms with E-state index in [0.29, 0.717) is 22.1 Å². The van der Waals surface area contributed by atoms with Crippen molar-refractivity contribution in [2.24, 2.45) is 0 Å². The van der Waals surface area contributed by atoms with Gasteiger partial charge < -0.3 is 10.1 Å². The molecule has 1 atom stereocenters. The highest BCUT2D eigenvalue weighted by molar-refractivity contribution is 7.92. The Balaban J connectivity index is 2.34. The van der Waals surface area contributed by atoms with Crippen molar-refractivity contribution in [1.82, 2.24) is 0 Å². The van der Waals surface area contributed by atoms with Gasteiger partial charge in [0.1, 0.15) is 11.8 Å². The number of sulfonamides is 1. The van der Waals surface area contributed by atoms with Crippen LogP contribution >= 0.6 is 11.6 Å². The van der Waals surface area contributed by atoms with Gasteiger partial charge in [0.15, 0.2) is 0 Å². The highest BCUT2D eigenvalue weighted by atomic mass is 35.5. The molecule has 1 unspecified atom stereocenters. The number of nitrogens with zero attached hydrogens (tertiary/aromatic N) is 1. The van der Waals surface area contributed by atoms with Gasteiger partial charge >= 0.3 is 0 Å². The lowest BCUT2D eigenvalue weighted by molar-refractivity contribution is -0.116. The summed E-state index contributed by atoms with van der Waals surface area (Å²) in [5, 5.41) is 3.02. The second-order valence-corrected chi connectivity index (χ2v) is 7.67. The maximum Gasteiger partial charge on any atom is 0.248 e. The van der Waals surface area contributed by atoms with Gasteiger partial charge in [-0.3, -0.25) is 9.10 Å². The summed E-state index contributed by atoms with van der Waals surface area (Å²) in [6, 6.07) is 12.3. The van der Waals surface area contributed by atoms with E-state index in [-0.39, 0.29) is 0 Å². The molecule has 0 aliphatic rings. The first kappa shape index (κ1) is 19.1. The summed E-state index contributed by atoms with van der Waals surface area (Å²) < 4.78 is 30.7. The van der Waals surface area contributed by atoms with Crippen molar-refractivity contribution in [3.05, 3.63) is 53.6 Å². The number of rotatable bonds is 6.